The molecule has 2 aliphatic heterocycles. The summed E-state index contributed by atoms with van der Waals surface area (Å²) in [5, 5.41) is 13.4. The van der Waals surface area contributed by atoms with Crippen molar-refractivity contribution in [1.82, 2.24) is 9.88 Å². The van der Waals surface area contributed by atoms with Gasteiger partial charge in [0.05, 0.1) is 12.0 Å². The molecule has 0 bridgehead atoms. The number of nitrogens with zero attached hydrogens (tertiary/aromatic N) is 2. The number of pyridine rings is 1. The van der Waals surface area contributed by atoms with E-state index in [1.807, 2.05) is 4.90 Å². The first-order valence-corrected chi connectivity index (χ1v) is 8.36. The van der Waals surface area contributed by atoms with E-state index >= 15 is 0 Å². The highest BCUT2D eigenvalue weighted by atomic mass is 16.3. The van der Waals surface area contributed by atoms with E-state index in [1.54, 1.807) is 12.3 Å². The standard InChI is InChI=1S/C17H21N3O3/c21-14-9-13-12(4-7-18-15(13)19-14)16(22)20-8-6-17(23)5-2-1-3-11(17)10-20/h4,7,11,23H,1-3,5-6,8-10H2,(H,18,19,21). The second-order valence-corrected chi connectivity index (χ2v) is 6.96. The molecule has 4 rings (SSSR count). The van der Waals surface area contributed by atoms with Crippen LogP contribution in [0.2, 0.25) is 0 Å². The van der Waals surface area contributed by atoms with Crippen molar-refractivity contribution in [2.24, 2.45) is 5.92 Å². The molecule has 1 aromatic heterocycles. The Bertz CT molecular complexity index is 675. The second kappa shape index (κ2) is 5.30. The molecule has 2 unspecified atom stereocenters. The summed E-state index contributed by atoms with van der Waals surface area (Å²) >= 11 is 0. The van der Waals surface area contributed by atoms with E-state index < -0.39 is 5.60 Å². The van der Waals surface area contributed by atoms with Crippen molar-refractivity contribution >= 4 is 17.6 Å². The number of hydrogen-bond donors (Lipinski definition) is 2. The van der Waals surface area contributed by atoms with Crippen LogP contribution in [0.15, 0.2) is 12.3 Å². The quantitative estimate of drug-likeness (QED) is 0.819. The summed E-state index contributed by atoms with van der Waals surface area (Å²) in [5.41, 5.74) is 0.675. The predicted molar refractivity (Wildman–Crippen MR) is 84.0 cm³/mol. The minimum absolute atomic E-state index is 0.0484. The number of aromatic nitrogens is 1. The van der Waals surface area contributed by atoms with Crippen LogP contribution >= 0.6 is 0 Å². The number of amides is 2. The minimum Gasteiger partial charge on any atom is -0.389 e. The van der Waals surface area contributed by atoms with Gasteiger partial charge in [0.1, 0.15) is 5.82 Å². The van der Waals surface area contributed by atoms with Crippen molar-refractivity contribution in [3.05, 3.63) is 23.4 Å². The lowest BCUT2D eigenvalue weighted by Gasteiger charge is -2.47. The summed E-state index contributed by atoms with van der Waals surface area (Å²) in [6.45, 7) is 1.18. The third-order valence-corrected chi connectivity index (χ3v) is 5.60. The molecule has 3 aliphatic rings. The zero-order chi connectivity index (χ0) is 16.0. The summed E-state index contributed by atoms with van der Waals surface area (Å²) in [5.74, 6) is 0.511. The maximum Gasteiger partial charge on any atom is 0.254 e. The summed E-state index contributed by atoms with van der Waals surface area (Å²) < 4.78 is 0. The van der Waals surface area contributed by atoms with Crippen LogP contribution in [-0.4, -0.2) is 45.5 Å². The number of carbonyl (C=O) groups is 2. The highest BCUT2D eigenvalue weighted by molar-refractivity contribution is 6.04. The lowest BCUT2D eigenvalue weighted by molar-refractivity contribution is -0.115. The Kier molecular flexibility index (Phi) is 3.37. The zero-order valence-corrected chi connectivity index (χ0v) is 13.0. The van der Waals surface area contributed by atoms with Crippen molar-refractivity contribution in [3.8, 4) is 0 Å². The third-order valence-electron chi connectivity index (χ3n) is 5.60. The van der Waals surface area contributed by atoms with Gasteiger partial charge in [0.2, 0.25) is 5.91 Å². The van der Waals surface area contributed by atoms with Crippen LogP contribution in [0, 0.1) is 5.92 Å². The first kappa shape index (κ1) is 14.6. The fourth-order valence-corrected chi connectivity index (χ4v) is 4.24. The minimum atomic E-state index is -0.591. The Morgan fingerprint density at radius 1 is 1.39 bits per heavy atom. The van der Waals surface area contributed by atoms with Gasteiger partial charge in [-0.3, -0.25) is 9.59 Å². The summed E-state index contributed by atoms with van der Waals surface area (Å²) in [7, 11) is 0. The zero-order valence-electron chi connectivity index (χ0n) is 13.0. The molecule has 2 fully saturated rings. The average Bonchev–Trinajstić information content (AvgIpc) is 2.93. The van der Waals surface area contributed by atoms with Crippen molar-refractivity contribution in [1.29, 1.82) is 0 Å². The van der Waals surface area contributed by atoms with Crippen LogP contribution < -0.4 is 5.32 Å². The maximum atomic E-state index is 12.9. The molecule has 1 saturated heterocycles. The van der Waals surface area contributed by atoms with E-state index in [0.717, 1.165) is 25.7 Å². The SMILES string of the molecule is O=C1Cc2c(C(=O)N3CCC4(O)CCCCC4C3)ccnc2N1. The first-order chi connectivity index (χ1) is 11.1. The van der Waals surface area contributed by atoms with Gasteiger partial charge in [0.15, 0.2) is 0 Å². The molecule has 2 N–H and O–H groups in total. The van der Waals surface area contributed by atoms with E-state index in [4.69, 9.17) is 0 Å². The van der Waals surface area contributed by atoms with Crippen molar-refractivity contribution in [3.63, 3.8) is 0 Å². The van der Waals surface area contributed by atoms with Gasteiger partial charge < -0.3 is 15.3 Å². The van der Waals surface area contributed by atoms with E-state index in [2.05, 4.69) is 10.3 Å². The Morgan fingerprint density at radius 2 is 2.26 bits per heavy atom. The van der Waals surface area contributed by atoms with Crippen LogP contribution in [0.4, 0.5) is 5.82 Å². The van der Waals surface area contributed by atoms with Gasteiger partial charge in [-0.1, -0.05) is 12.8 Å². The molecule has 1 aromatic rings. The highest BCUT2D eigenvalue weighted by Gasteiger charge is 2.44. The normalized spacial score (nSPS) is 29.7. The Hall–Kier alpha value is -1.95. The monoisotopic (exact) mass is 315 g/mol. The van der Waals surface area contributed by atoms with Crippen LogP contribution in [0.25, 0.3) is 0 Å². The van der Waals surface area contributed by atoms with E-state index in [0.29, 0.717) is 36.5 Å². The molecule has 2 amide bonds. The second-order valence-electron chi connectivity index (χ2n) is 6.96. The molecule has 0 radical (unpaired) electrons. The van der Waals surface area contributed by atoms with E-state index in [1.165, 1.54) is 0 Å². The molecule has 2 atom stereocenters. The third kappa shape index (κ3) is 2.41. The number of nitrogens with one attached hydrogen (secondary N) is 1. The lowest BCUT2D eigenvalue weighted by Crippen LogP contribution is -2.54. The molecule has 6 nitrogen and oxygen atoms in total. The summed E-state index contributed by atoms with van der Waals surface area (Å²) in [6, 6.07) is 1.70. The molecule has 3 heterocycles. The Morgan fingerprint density at radius 3 is 3.13 bits per heavy atom. The smallest absolute Gasteiger partial charge is 0.254 e. The number of aliphatic hydroxyl groups is 1. The van der Waals surface area contributed by atoms with Crippen LogP contribution in [-0.2, 0) is 11.2 Å². The average molecular weight is 315 g/mol. The molecule has 6 heteroatoms. The topological polar surface area (TPSA) is 82.5 Å². The number of fused-ring (bicyclic) bond motifs is 2. The van der Waals surface area contributed by atoms with Gasteiger partial charge >= 0.3 is 0 Å². The van der Waals surface area contributed by atoms with E-state index in [-0.39, 0.29) is 24.2 Å². The predicted octanol–water partition coefficient (Wildman–Crippen LogP) is 1.34. The first-order valence-electron chi connectivity index (χ1n) is 8.36. The molecular weight excluding hydrogens is 294 g/mol. The molecule has 1 saturated carbocycles. The Balaban J connectivity index is 1.57. The number of piperidine rings is 1. The fraction of sp³-hybridized carbons (Fsp3) is 0.588. The van der Waals surface area contributed by atoms with Gasteiger partial charge in [0, 0.05) is 36.3 Å². The van der Waals surface area contributed by atoms with Gasteiger partial charge in [-0.2, -0.15) is 0 Å². The number of hydrogen-bond acceptors (Lipinski definition) is 4. The van der Waals surface area contributed by atoms with Gasteiger partial charge in [-0.05, 0) is 25.3 Å². The number of anilines is 1. The Labute approximate surface area is 134 Å². The van der Waals surface area contributed by atoms with Crippen LogP contribution in [0.5, 0.6) is 0 Å². The highest BCUT2D eigenvalue weighted by Crippen LogP contribution is 2.40. The lowest BCUT2D eigenvalue weighted by atomic mass is 9.71. The molecule has 23 heavy (non-hydrogen) atoms. The van der Waals surface area contributed by atoms with Crippen molar-refractivity contribution in [2.75, 3.05) is 18.4 Å². The van der Waals surface area contributed by atoms with Gasteiger partial charge in [0.25, 0.3) is 5.91 Å². The molecule has 122 valence electrons. The fourth-order valence-electron chi connectivity index (χ4n) is 4.24. The maximum absolute atomic E-state index is 12.9. The molecule has 0 aromatic carbocycles. The van der Waals surface area contributed by atoms with Gasteiger partial charge in [-0.15, -0.1) is 0 Å². The number of rotatable bonds is 1. The summed E-state index contributed by atoms with van der Waals surface area (Å²) in [6.07, 6.45) is 6.46. The molecule has 0 spiro atoms. The van der Waals surface area contributed by atoms with Crippen molar-refractivity contribution in [2.45, 2.75) is 44.1 Å². The van der Waals surface area contributed by atoms with Crippen LogP contribution in [0.1, 0.15) is 48.0 Å². The van der Waals surface area contributed by atoms with Crippen molar-refractivity contribution < 1.29 is 14.7 Å². The number of likely N-dealkylation sites (tertiary alicyclic amines) is 1. The summed E-state index contributed by atoms with van der Waals surface area (Å²) in [4.78, 5) is 30.5. The number of carbonyl (C=O) groups excluding carboxylic acids is 2. The van der Waals surface area contributed by atoms with Gasteiger partial charge in [-0.25, -0.2) is 4.98 Å². The molecule has 1 aliphatic carbocycles. The van der Waals surface area contributed by atoms with Crippen LogP contribution in [0.3, 0.4) is 0 Å². The largest absolute Gasteiger partial charge is 0.389 e. The van der Waals surface area contributed by atoms with E-state index in [9.17, 15) is 14.7 Å². The molecular formula is C17H21N3O3.